The van der Waals surface area contributed by atoms with Crippen molar-refractivity contribution in [2.75, 3.05) is 15.5 Å². The second-order valence-corrected chi connectivity index (χ2v) is 8.82. The molecule has 2 atom stereocenters. The number of rotatable bonds is 4. The molecule has 2 aromatic carbocycles. The summed E-state index contributed by atoms with van der Waals surface area (Å²) in [5.74, 6) is -0.214. The lowest BCUT2D eigenvalue weighted by Gasteiger charge is -2.33. The molecule has 0 saturated heterocycles. The van der Waals surface area contributed by atoms with E-state index in [2.05, 4.69) is 0 Å². The predicted octanol–water partition coefficient (Wildman–Crippen LogP) is 3.13. The minimum atomic E-state index is -3.61. The number of amides is 1. The Bertz CT molecular complexity index is 922. The van der Waals surface area contributed by atoms with Crippen molar-refractivity contribution in [3.05, 3.63) is 59.7 Å². The molecule has 0 saturated carbocycles. The zero-order valence-electron chi connectivity index (χ0n) is 15.5. The quantitative estimate of drug-likeness (QED) is 0.828. The van der Waals surface area contributed by atoms with E-state index in [-0.39, 0.29) is 11.9 Å². The van der Waals surface area contributed by atoms with Crippen LogP contribution in [0.4, 0.5) is 11.4 Å². The highest BCUT2D eigenvalue weighted by atomic mass is 32.2. The average molecular weight is 372 g/mol. The Balaban J connectivity index is 1.98. The third-order valence-corrected chi connectivity index (χ3v) is 6.04. The van der Waals surface area contributed by atoms with E-state index in [9.17, 15) is 13.2 Å². The van der Waals surface area contributed by atoms with Crippen LogP contribution in [0.1, 0.15) is 25.0 Å². The van der Waals surface area contributed by atoms with Crippen LogP contribution in [0, 0.1) is 6.92 Å². The minimum absolute atomic E-state index is 0.00165. The summed E-state index contributed by atoms with van der Waals surface area (Å²) in [4.78, 5) is 15.0. The van der Waals surface area contributed by atoms with Gasteiger partial charge in [-0.1, -0.05) is 35.9 Å². The van der Waals surface area contributed by atoms with Crippen LogP contribution >= 0.6 is 0 Å². The molecule has 0 N–H and O–H groups in total. The summed E-state index contributed by atoms with van der Waals surface area (Å²) in [6, 6.07) is 14.1. The zero-order chi connectivity index (χ0) is 19.1. The molecule has 0 spiro atoms. The molecule has 138 valence electrons. The maximum atomic E-state index is 13.3. The molecule has 0 aromatic heterocycles. The molecule has 2 aromatic rings. The number of fused-ring (bicyclic) bond motifs is 1. The van der Waals surface area contributed by atoms with Gasteiger partial charge in [-0.25, -0.2) is 8.42 Å². The smallest absolute Gasteiger partial charge is 0.250 e. The maximum absolute atomic E-state index is 13.3. The summed E-state index contributed by atoms with van der Waals surface area (Å²) in [5, 5.41) is 0. The molecule has 6 heteroatoms. The summed E-state index contributed by atoms with van der Waals surface area (Å²) in [5.41, 5.74) is 3.51. The van der Waals surface area contributed by atoms with Gasteiger partial charge in [0.05, 0.1) is 11.9 Å². The van der Waals surface area contributed by atoms with Crippen molar-refractivity contribution >= 4 is 27.3 Å². The number of aryl methyl sites for hydroxylation is 1. The SMILES string of the molecule is Cc1ccc(N(C(C)C(=O)N2c3ccccc3CC2C)S(C)(=O)=O)cc1. The van der Waals surface area contributed by atoms with Crippen molar-refractivity contribution < 1.29 is 13.2 Å². The molecule has 0 aliphatic carbocycles. The molecule has 1 aliphatic rings. The van der Waals surface area contributed by atoms with E-state index in [1.807, 2.05) is 50.2 Å². The van der Waals surface area contributed by atoms with Gasteiger partial charge < -0.3 is 4.90 Å². The lowest BCUT2D eigenvalue weighted by molar-refractivity contribution is -0.119. The maximum Gasteiger partial charge on any atom is 0.250 e. The first kappa shape index (κ1) is 18.5. The average Bonchev–Trinajstić information content (AvgIpc) is 2.90. The standard InChI is InChI=1S/C20H24N2O3S/c1-14-9-11-18(12-10-14)22(26(4,24)25)16(3)20(23)21-15(2)13-17-7-5-6-8-19(17)21/h5-12,15-16H,13H2,1-4H3. The fraction of sp³-hybridized carbons (Fsp3) is 0.350. The van der Waals surface area contributed by atoms with Gasteiger partial charge in [0.15, 0.2) is 0 Å². The zero-order valence-corrected chi connectivity index (χ0v) is 16.3. The van der Waals surface area contributed by atoms with Crippen LogP contribution in [0.5, 0.6) is 0 Å². The molecule has 2 unspecified atom stereocenters. The molecule has 26 heavy (non-hydrogen) atoms. The van der Waals surface area contributed by atoms with Crippen LogP contribution in [0.25, 0.3) is 0 Å². The molecule has 0 fully saturated rings. The first-order chi connectivity index (χ1) is 12.2. The summed E-state index contributed by atoms with van der Waals surface area (Å²) >= 11 is 0. The fourth-order valence-electron chi connectivity index (χ4n) is 3.60. The normalized spacial score (nSPS) is 17.7. The first-order valence-electron chi connectivity index (χ1n) is 8.67. The van der Waals surface area contributed by atoms with Crippen molar-refractivity contribution in [1.82, 2.24) is 0 Å². The van der Waals surface area contributed by atoms with Gasteiger partial charge in [-0.2, -0.15) is 0 Å². The summed E-state index contributed by atoms with van der Waals surface area (Å²) < 4.78 is 26.1. The van der Waals surface area contributed by atoms with Crippen LogP contribution in [0.2, 0.25) is 0 Å². The molecular formula is C20H24N2O3S. The Labute approximate surface area is 155 Å². The molecule has 1 amide bonds. The molecule has 3 rings (SSSR count). The van der Waals surface area contributed by atoms with Gasteiger partial charge in [-0.05, 0) is 51.0 Å². The number of sulfonamides is 1. The number of hydrogen-bond donors (Lipinski definition) is 0. The molecular weight excluding hydrogens is 348 g/mol. The summed E-state index contributed by atoms with van der Waals surface area (Å²) in [6.45, 7) is 5.57. The van der Waals surface area contributed by atoms with Gasteiger partial charge in [-0.15, -0.1) is 0 Å². The topological polar surface area (TPSA) is 57.7 Å². The monoisotopic (exact) mass is 372 g/mol. The van der Waals surface area contributed by atoms with Crippen molar-refractivity contribution in [2.24, 2.45) is 0 Å². The lowest BCUT2D eigenvalue weighted by atomic mass is 10.1. The molecule has 0 bridgehead atoms. The van der Waals surface area contributed by atoms with Gasteiger partial charge in [0.2, 0.25) is 10.0 Å². The number of carbonyl (C=O) groups excluding carboxylic acids is 1. The lowest BCUT2D eigenvalue weighted by Crippen LogP contribution is -2.51. The minimum Gasteiger partial charge on any atom is -0.307 e. The Morgan fingerprint density at radius 1 is 1.15 bits per heavy atom. The van der Waals surface area contributed by atoms with Crippen molar-refractivity contribution in [1.29, 1.82) is 0 Å². The van der Waals surface area contributed by atoms with E-state index >= 15 is 0 Å². The second-order valence-electron chi connectivity index (χ2n) is 6.96. The number of nitrogens with zero attached hydrogens (tertiary/aromatic N) is 2. The Kier molecular flexibility index (Phi) is 4.80. The number of anilines is 2. The number of hydrogen-bond acceptors (Lipinski definition) is 3. The highest BCUT2D eigenvalue weighted by molar-refractivity contribution is 7.92. The van der Waals surface area contributed by atoms with Gasteiger partial charge in [0.25, 0.3) is 5.91 Å². The molecule has 1 heterocycles. The molecule has 0 radical (unpaired) electrons. The van der Waals surface area contributed by atoms with Crippen molar-refractivity contribution in [3.63, 3.8) is 0 Å². The summed E-state index contributed by atoms with van der Waals surface area (Å²) in [7, 11) is -3.61. The van der Waals surface area contributed by atoms with Gasteiger partial charge >= 0.3 is 0 Å². The molecule has 1 aliphatic heterocycles. The highest BCUT2D eigenvalue weighted by Gasteiger charge is 2.37. The third-order valence-electron chi connectivity index (χ3n) is 4.80. The Hall–Kier alpha value is -2.34. The number of carbonyl (C=O) groups is 1. The largest absolute Gasteiger partial charge is 0.307 e. The highest BCUT2D eigenvalue weighted by Crippen LogP contribution is 2.33. The number of para-hydroxylation sites is 1. The van der Waals surface area contributed by atoms with E-state index in [1.54, 1.807) is 24.0 Å². The van der Waals surface area contributed by atoms with Gasteiger partial charge in [-0.3, -0.25) is 9.10 Å². The van der Waals surface area contributed by atoms with E-state index in [0.717, 1.165) is 29.5 Å². The van der Waals surface area contributed by atoms with E-state index in [4.69, 9.17) is 0 Å². The third kappa shape index (κ3) is 3.33. The Morgan fingerprint density at radius 3 is 2.38 bits per heavy atom. The predicted molar refractivity (Wildman–Crippen MR) is 105 cm³/mol. The molecule has 5 nitrogen and oxygen atoms in total. The number of benzene rings is 2. The van der Waals surface area contributed by atoms with E-state index in [1.165, 1.54) is 4.31 Å². The van der Waals surface area contributed by atoms with Crippen LogP contribution in [0.15, 0.2) is 48.5 Å². The first-order valence-corrected chi connectivity index (χ1v) is 10.5. The van der Waals surface area contributed by atoms with Crippen molar-refractivity contribution in [2.45, 2.75) is 39.3 Å². The Morgan fingerprint density at radius 2 is 1.77 bits per heavy atom. The van der Waals surface area contributed by atoms with Crippen molar-refractivity contribution in [3.8, 4) is 0 Å². The van der Waals surface area contributed by atoms with E-state index < -0.39 is 16.1 Å². The van der Waals surface area contributed by atoms with Gasteiger partial charge in [0, 0.05) is 11.7 Å². The second kappa shape index (κ2) is 6.76. The van der Waals surface area contributed by atoms with Crippen LogP contribution < -0.4 is 9.21 Å². The fourth-order valence-corrected chi connectivity index (χ4v) is 4.77. The van der Waals surface area contributed by atoms with Crippen LogP contribution in [-0.4, -0.2) is 32.7 Å². The van der Waals surface area contributed by atoms with Crippen LogP contribution in [-0.2, 0) is 21.2 Å². The summed E-state index contributed by atoms with van der Waals surface area (Å²) in [6.07, 6.45) is 1.91. The van der Waals surface area contributed by atoms with Crippen LogP contribution in [0.3, 0.4) is 0 Å². The van der Waals surface area contributed by atoms with E-state index in [0.29, 0.717) is 5.69 Å². The van der Waals surface area contributed by atoms with Gasteiger partial charge in [0.1, 0.15) is 6.04 Å².